The van der Waals surface area contributed by atoms with Gasteiger partial charge in [-0.3, -0.25) is 24.0 Å². The zero-order valence-electron chi connectivity index (χ0n) is 32.1. The van der Waals surface area contributed by atoms with E-state index in [9.17, 15) is 36.8 Å². The quantitative estimate of drug-likeness (QED) is 0.328. The number of carbonyl (C=O) groups is 5. The van der Waals surface area contributed by atoms with E-state index in [1.165, 1.54) is 34.1 Å². The van der Waals surface area contributed by atoms with Crippen LogP contribution in [-0.2, 0) is 52.7 Å². The highest BCUT2D eigenvalue weighted by Crippen LogP contribution is 2.48. The Morgan fingerprint density at radius 1 is 1.02 bits per heavy atom. The third-order valence-corrected chi connectivity index (χ3v) is 12.6. The van der Waals surface area contributed by atoms with Gasteiger partial charge in [-0.25, -0.2) is 22.4 Å². The third kappa shape index (κ3) is 10.3. The summed E-state index contributed by atoms with van der Waals surface area (Å²) >= 11 is 12.2. The second-order valence-corrected chi connectivity index (χ2v) is 18.9. The number of nitrogens with zero attached hydrogens (tertiary/aromatic N) is 2. The Balaban J connectivity index is 1.25. The number of halogens is 3. The minimum Gasteiger partial charge on any atom is -0.444 e. The second-order valence-electron chi connectivity index (χ2n) is 16.3. The van der Waals surface area contributed by atoms with Crippen LogP contribution in [0.3, 0.4) is 0 Å². The van der Waals surface area contributed by atoms with Crippen LogP contribution in [0.4, 0.5) is 14.0 Å². The number of amides is 5. The van der Waals surface area contributed by atoms with E-state index in [2.05, 4.69) is 15.4 Å². The maximum atomic E-state index is 14.5. The summed E-state index contributed by atoms with van der Waals surface area (Å²) < 4.78 is 54.5. The summed E-state index contributed by atoms with van der Waals surface area (Å²) in [6, 6.07) is 6.53. The highest BCUT2D eigenvalue weighted by molar-refractivity contribution is 7.89. The molecule has 0 unspecified atom stereocenters. The smallest absolute Gasteiger partial charge is 0.410 e. The molecule has 310 valence electrons. The molecule has 3 fully saturated rings. The molecule has 4 aliphatic rings. The van der Waals surface area contributed by atoms with E-state index in [1.807, 2.05) is 0 Å². The zero-order valence-corrected chi connectivity index (χ0v) is 34.4. The molecule has 0 bridgehead atoms. The Labute approximate surface area is 341 Å². The van der Waals surface area contributed by atoms with Crippen LogP contribution in [0.5, 0.6) is 0 Å². The number of carbonyl (C=O) groups excluding carboxylic acids is 5. The largest absolute Gasteiger partial charge is 0.444 e. The summed E-state index contributed by atoms with van der Waals surface area (Å²) in [5.74, 6) is -3.74. The van der Waals surface area contributed by atoms with Crippen molar-refractivity contribution in [3.05, 3.63) is 69.0 Å². The van der Waals surface area contributed by atoms with Crippen molar-refractivity contribution in [2.75, 3.05) is 6.54 Å². The molecule has 3 N–H and O–H groups in total. The van der Waals surface area contributed by atoms with Crippen molar-refractivity contribution in [1.82, 2.24) is 25.2 Å². The number of hydrogen-bond acceptors (Lipinski definition) is 9. The molecule has 57 heavy (non-hydrogen) atoms. The van der Waals surface area contributed by atoms with Crippen LogP contribution in [0, 0.1) is 11.7 Å². The van der Waals surface area contributed by atoms with Crippen molar-refractivity contribution >= 4 is 63.1 Å². The molecule has 3 heterocycles. The van der Waals surface area contributed by atoms with E-state index in [0.29, 0.717) is 35.4 Å². The molecule has 0 spiro atoms. The summed E-state index contributed by atoms with van der Waals surface area (Å²) in [4.78, 5) is 71.7. The molecule has 14 nitrogen and oxygen atoms in total. The van der Waals surface area contributed by atoms with Crippen LogP contribution < -0.4 is 15.4 Å². The monoisotopic (exact) mass is 851 g/mol. The molecule has 1 saturated carbocycles. The maximum absolute atomic E-state index is 14.5. The molecule has 0 aromatic heterocycles. The standard InChI is InChI=1S/C39H48Cl2FN5O9S/c1-38(2,3)56-36(51)43-31-13-8-6-4-5-7-11-25-18-39(25,35(50)45-57(53,54)22-24-14-15-26(40)16-29(24)41)44-33(48)32-17-27(20-47(32)34(31)49)55-37(52)46-19-23-10-9-12-30(42)28(23)21-46/h9-10,12,14-16,25,27,31-32H,4-8,11,13,17-22H2,1-3H3,(H,43,51)(H,44,48)(H,45,50)/t25-,27-,31+,32+,39-/m1/s1. The van der Waals surface area contributed by atoms with Crippen LogP contribution in [0.15, 0.2) is 36.4 Å². The summed E-state index contributed by atoms with van der Waals surface area (Å²) in [5, 5.41) is 5.90. The number of nitrogens with one attached hydrogen (secondary N) is 3. The minimum absolute atomic E-state index is 0.0197. The lowest BCUT2D eigenvalue weighted by molar-refractivity contribution is -0.141. The van der Waals surface area contributed by atoms with Gasteiger partial charge in [0.2, 0.25) is 21.8 Å². The fraction of sp³-hybridized carbons (Fsp3) is 0.564. The van der Waals surface area contributed by atoms with Gasteiger partial charge < -0.3 is 25.0 Å². The van der Waals surface area contributed by atoms with Gasteiger partial charge in [0.15, 0.2) is 0 Å². The van der Waals surface area contributed by atoms with Gasteiger partial charge in [0.25, 0.3) is 5.91 Å². The van der Waals surface area contributed by atoms with Gasteiger partial charge in [0.05, 0.1) is 18.8 Å². The first-order valence-corrected chi connectivity index (χ1v) is 21.6. The Bertz CT molecular complexity index is 2030. The third-order valence-electron chi connectivity index (χ3n) is 10.8. The number of benzene rings is 2. The van der Waals surface area contributed by atoms with Crippen molar-refractivity contribution < 1.29 is 46.3 Å². The number of rotatable bonds is 6. The van der Waals surface area contributed by atoms with Crippen LogP contribution >= 0.6 is 23.2 Å². The van der Waals surface area contributed by atoms with Gasteiger partial charge in [0, 0.05) is 28.6 Å². The lowest BCUT2D eigenvalue weighted by Gasteiger charge is -2.30. The van der Waals surface area contributed by atoms with Crippen molar-refractivity contribution in [2.24, 2.45) is 5.92 Å². The van der Waals surface area contributed by atoms with Gasteiger partial charge in [-0.2, -0.15) is 0 Å². The van der Waals surface area contributed by atoms with E-state index >= 15 is 0 Å². The fourth-order valence-electron chi connectivity index (χ4n) is 7.86. The number of ether oxygens (including phenoxy) is 2. The van der Waals surface area contributed by atoms with Gasteiger partial charge in [-0.1, -0.05) is 73.5 Å². The van der Waals surface area contributed by atoms with E-state index < -0.39 is 80.8 Å². The van der Waals surface area contributed by atoms with E-state index in [1.54, 1.807) is 32.9 Å². The van der Waals surface area contributed by atoms with Crippen LogP contribution in [0.25, 0.3) is 0 Å². The molecule has 2 aromatic carbocycles. The van der Waals surface area contributed by atoms with Crippen LogP contribution in [0.2, 0.25) is 10.0 Å². The van der Waals surface area contributed by atoms with Crippen LogP contribution in [-0.4, -0.2) is 84.0 Å². The Morgan fingerprint density at radius 2 is 1.74 bits per heavy atom. The summed E-state index contributed by atoms with van der Waals surface area (Å²) in [6.45, 7) is 4.93. The average molecular weight is 853 g/mol. The average Bonchev–Trinajstić information content (AvgIpc) is 3.40. The van der Waals surface area contributed by atoms with Gasteiger partial charge >= 0.3 is 12.2 Å². The van der Waals surface area contributed by atoms with E-state index in [4.69, 9.17) is 32.7 Å². The van der Waals surface area contributed by atoms with Gasteiger partial charge in [0.1, 0.15) is 35.1 Å². The summed E-state index contributed by atoms with van der Waals surface area (Å²) in [5.41, 5.74) is -1.23. The lowest BCUT2D eigenvalue weighted by Crippen LogP contribution is -2.58. The Morgan fingerprint density at radius 3 is 2.44 bits per heavy atom. The molecule has 3 aliphatic heterocycles. The molecule has 5 atom stereocenters. The molecular formula is C39H48Cl2FN5O9S. The zero-order chi connectivity index (χ0) is 41.3. The molecular weight excluding hydrogens is 804 g/mol. The van der Waals surface area contributed by atoms with Crippen molar-refractivity contribution in [3.8, 4) is 0 Å². The number of alkyl carbamates (subject to hydrolysis) is 1. The first kappa shape index (κ1) is 42.5. The van der Waals surface area contributed by atoms with Crippen molar-refractivity contribution in [3.63, 3.8) is 0 Å². The molecule has 2 saturated heterocycles. The van der Waals surface area contributed by atoms with Gasteiger partial charge in [-0.15, -0.1) is 0 Å². The van der Waals surface area contributed by atoms with Gasteiger partial charge in [-0.05, 0) is 75.3 Å². The fourth-order valence-corrected chi connectivity index (χ4v) is 9.61. The Kier molecular flexibility index (Phi) is 12.6. The molecule has 6 rings (SSSR count). The van der Waals surface area contributed by atoms with Crippen LogP contribution in [0.1, 0.15) is 95.2 Å². The molecule has 1 aliphatic carbocycles. The number of sulfonamides is 1. The van der Waals surface area contributed by atoms with Crippen molar-refractivity contribution in [1.29, 1.82) is 0 Å². The lowest BCUT2D eigenvalue weighted by atomic mass is 10.0. The summed E-state index contributed by atoms with van der Waals surface area (Å²) in [7, 11) is -4.31. The Hall–Kier alpha value is -4.15. The summed E-state index contributed by atoms with van der Waals surface area (Å²) in [6.07, 6.45) is 1.83. The first-order valence-electron chi connectivity index (χ1n) is 19.2. The predicted molar refractivity (Wildman–Crippen MR) is 208 cm³/mol. The number of fused-ring (bicyclic) bond motifs is 3. The molecule has 18 heteroatoms. The molecule has 5 amide bonds. The van der Waals surface area contributed by atoms with E-state index in [-0.39, 0.29) is 55.4 Å². The molecule has 0 radical (unpaired) electrons. The van der Waals surface area contributed by atoms with Crippen molar-refractivity contribution in [2.45, 2.75) is 127 Å². The predicted octanol–water partition coefficient (Wildman–Crippen LogP) is 5.71. The highest BCUT2D eigenvalue weighted by atomic mass is 35.5. The maximum Gasteiger partial charge on any atom is 0.410 e. The highest BCUT2D eigenvalue weighted by Gasteiger charge is 2.62. The van der Waals surface area contributed by atoms with E-state index in [0.717, 1.165) is 19.3 Å². The molecule has 2 aromatic rings. The second kappa shape index (κ2) is 17.0. The first-order chi connectivity index (χ1) is 26.8. The minimum atomic E-state index is -4.31. The SMILES string of the molecule is CC(C)(C)OC(=O)N[C@H]1CCCCCCC[C@@H]2C[C@@]2(C(=O)NS(=O)(=O)Cc2ccc(Cl)cc2Cl)NC(=O)[C@@H]2C[C@@H](OC(=O)N3Cc4cccc(F)c4C3)CN2C1=O. The number of hydrogen-bond donors (Lipinski definition) is 3. The normalized spacial score (nSPS) is 25.5. The topological polar surface area (TPSA) is 181 Å².